The fraction of sp³-hybridized carbons (Fsp3) is 0.188. The second kappa shape index (κ2) is 7.22. The van der Waals surface area contributed by atoms with Crippen molar-refractivity contribution >= 4 is 27.5 Å². The van der Waals surface area contributed by atoms with Crippen LogP contribution in [0.4, 0.5) is 10.1 Å². The van der Waals surface area contributed by atoms with E-state index in [1.807, 2.05) is 19.1 Å². The van der Waals surface area contributed by atoms with E-state index < -0.39 is 0 Å². The second-order valence-corrected chi connectivity index (χ2v) is 5.38. The SMILES string of the molecule is CCNC(=O)c1cccc(NCc2cc(F)ccc2Br)c1. The van der Waals surface area contributed by atoms with Gasteiger partial charge in [0.05, 0.1) is 0 Å². The van der Waals surface area contributed by atoms with Gasteiger partial charge in [0.15, 0.2) is 0 Å². The van der Waals surface area contributed by atoms with Crippen LogP contribution in [0.15, 0.2) is 46.9 Å². The molecule has 2 rings (SSSR count). The molecule has 0 unspecified atom stereocenters. The van der Waals surface area contributed by atoms with Gasteiger partial charge in [-0.1, -0.05) is 22.0 Å². The zero-order valence-corrected chi connectivity index (χ0v) is 13.2. The van der Waals surface area contributed by atoms with Gasteiger partial charge in [0.25, 0.3) is 5.91 Å². The summed E-state index contributed by atoms with van der Waals surface area (Å²) in [5.41, 5.74) is 2.23. The largest absolute Gasteiger partial charge is 0.381 e. The molecule has 0 aliphatic heterocycles. The van der Waals surface area contributed by atoms with Crippen LogP contribution in [0.1, 0.15) is 22.8 Å². The molecule has 0 saturated heterocycles. The van der Waals surface area contributed by atoms with E-state index in [0.717, 1.165) is 15.7 Å². The Morgan fingerprint density at radius 2 is 2.05 bits per heavy atom. The summed E-state index contributed by atoms with van der Waals surface area (Å²) in [6, 6.07) is 11.8. The molecular weight excluding hydrogens is 335 g/mol. The van der Waals surface area contributed by atoms with Gasteiger partial charge in [0.2, 0.25) is 0 Å². The Bertz CT molecular complexity index is 646. The van der Waals surface area contributed by atoms with E-state index in [4.69, 9.17) is 0 Å². The van der Waals surface area contributed by atoms with Crippen molar-refractivity contribution in [3.05, 3.63) is 63.9 Å². The molecule has 5 heteroatoms. The first kappa shape index (κ1) is 15.5. The second-order valence-electron chi connectivity index (χ2n) is 4.53. The number of hydrogen-bond acceptors (Lipinski definition) is 2. The van der Waals surface area contributed by atoms with Gasteiger partial charge in [-0.2, -0.15) is 0 Å². The molecule has 3 nitrogen and oxygen atoms in total. The number of amides is 1. The predicted molar refractivity (Wildman–Crippen MR) is 85.9 cm³/mol. The Labute approximate surface area is 131 Å². The van der Waals surface area contributed by atoms with E-state index in [1.54, 1.807) is 18.2 Å². The number of nitrogens with one attached hydrogen (secondary N) is 2. The van der Waals surface area contributed by atoms with Crippen LogP contribution >= 0.6 is 15.9 Å². The Balaban J connectivity index is 2.08. The standard InChI is InChI=1S/C16H16BrFN2O/c1-2-19-16(21)11-4-3-5-14(9-11)20-10-12-8-13(18)6-7-15(12)17/h3-9,20H,2,10H2,1H3,(H,19,21). The van der Waals surface area contributed by atoms with Crippen LogP contribution in [0, 0.1) is 5.82 Å². The first-order chi connectivity index (χ1) is 10.1. The fourth-order valence-electron chi connectivity index (χ4n) is 1.91. The van der Waals surface area contributed by atoms with Crippen molar-refractivity contribution in [2.24, 2.45) is 0 Å². The van der Waals surface area contributed by atoms with E-state index in [2.05, 4.69) is 26.6 Å². The lowest BCUT2D eigenvalue weighted by molar-refractivity contribution is 0.0956. The van der Waals surface area contributed by atoms with Crippen molar-refractivity contribution in [1.29, 1.82) is 0 Å². The lowest BCUT2D eigenvalue weighted by Gasteiger charge is -2.10. The first-order valence-electron chi connectivity index (χ1n) is 6.66. The van der Waals surface area contributed by atoms with Gasteiger partial charge in [-0.15, -0.1) is 0 Å². The molecular formula is C16H16BrFN2O. The number of hydrogen-bond donors (Lipinski definition) is 2. The molecule has 21 heavy (non-hydrogen) atoms. The number of benzene rings is 2. The smallest absolute Gasteiger partial charge is 0.251 e. The Hall–Kier alpha value is -1.88. The molecule has 0 fully saturated rings. The minimum atomic E-state index is -0.272. The fourth-order valence-corrected chi connectivity index (χ4v) is 2.30. The average Bonchev–Trinajstić information content (AvgIpc) is 2.49. The van der Waals surface area contributed by atoms with Crippen molar-refractivity contribution in [2.75, 3.05) is 11.9 Å². The monoisotopic (exact) mass is 350 g/mol. The number of carbonyl (C=O) groups is 1. The van der Waals surface area contributed by atoms with E-state index in [-0.39, 0.29) is 11.7 Å². The summed E-state index contributed by atoms with van der Waals surface area (Å²) in [6.45, 7) is 2.94. The number of rotatable bonds is 5. The van der Waals surface area contributed by atoms with Gasteiger partial charge in [-0.25, -0.2) is 4.39 Å². The quantitative estimate of drug-likeness (QED) is 0.857. The summed E-state index contributed by atoms with van der Waals surface area (Å²) in [7, 11) is 0. The number of halogens is 2. The number of anilines is 1. The van der Waals surface area contributed by atoms with Crippen LogP contribution in [0.5, 0.6) is 0 Å². The van der Waals surface area contributed by atoms with Crippen molar-refractivity contribution < 1.29 is 9.18 Å². The third-order valence-electron chi connectivity index (χ3n) is 2.95. The van der Waals surface area contributed by atoms with Crippen molar-refractivity contribution in [2.45, 2.75) is 13.5 Å². The molecule has 2 aromatic carbocycles. The summed E-state index contributed by atoms with van der Waals surface area (Å²) in [4.78, 5) is 11.8. The van der Waals surface area contributed by atoms with Crippen LogP contribution in [-0.4, -0.2) is 12.5 Å². The predicted octanol–water partition coefficient (Wildman–Crippen LogP) is 3.95. The lowest BCUT2D eigenvalue weighted by atomic mass is 10.1. The van der Waals surface area contributed by atoms with E-state index in [9.17, 15) is 9.18 Å². The zero-order chi connectivity index (χ0) is 15.2. The highest BCUT2D eigenvalue weighted by Crippen LogP contribution is 2.19. The zero-order valence-electron chi connectivity index (χ0n) is 11.6. The molecule has 2 N–H and O–H groups in total. The lowest BCUT2D eigenvalue weighted by Crippen LogP contribution is -2.22. The van der Waals surface area contributed by atoms with E-state index >= 15 is 0 Å². The van der Waals surface area contributed by atoms with Crippen molar-refractivity contribution in [3.63, 3.8) is 0 Å². The molecule has 2 aromatic rings. The highest BCUT2D eigenvalue weighted by molar-refractivity contribution is 9.10. The molecule has 0 radical (unpaired) electrons. The summed E-state index contributed by atoms with van der Waals surface area (Å²) in [5.74, 6) is -0.376. The van der Waals surface area contributed by atoms with Crippen LogP contribution in [-0.2, 0) is 6.54 Å². The summed E-state index contributed by atoms with van der Waals surface area (Å²) in [6.07, 6.45) is 0. The van der Waals surface area contributed by atoms with Crippen molar-refractivity contribution in [3.8, 4) is 0 Å². The van der Waals surface area contributed by atoms with Crippen LogP contribution < -0.4 is 10.6 Å². The maximum absolute atomic E-state index is 13.2. The maximum Gasteiger partial charge on any atom is 0.251 e. The van der Waals surface area contributed by atoms with Gasteiger partial charge < -0.3 is 10.6 Å². The normalized spacial score (nSPS) is 10.2. The molecule has 0 saturated carbocycles. The molecule has 0 aliphatic carbocycles. The molecule has 110 valence electrons. The Morgan fingerprint density at radius 1 is 1.24 bits per heavy atom. The maximum atomic E-state index is 13.2. The van der Waals surface area contributed by atoms with Gasteiger partial charge >= 0.3 is 0 Å². The highest BCUT2D eigenvalue weighted by Gasteiger charge is 2.06. The third-order valence-corrected chi connectivity index (χ3v) is 3.73. The van der Waals surface area contributed by atoms with Crippen molar-refractivity contribution in [1.82, 2.24) is 5.32 Å². The van der Waals surface area contributed by atoms with Gasteiger partial charge in [-0.05, 0) is 48.9 Å². The van der Waals surface area contributed by atoms with Crippen LogP contribution in [0.2, 0.25) is 0 Å². The molecule has 0 atom stereocenters. The molecule has 0 spiro atoms. The van der Waals surface area contributed by atoms with Crippen LogP contribution in [0.25, 0.3) is 0 Å². The Kier molecular flexibility index (Phi) is 5.33. The average molecular weight is 351 g/mol. The summed E-state index contributed by atoms with van der Waals surface area (Å²) in [5, 5.41) is 5.95. The van der Waals surface area contributed by atoms with Gasteiger partial charge in [0.1, 0.15) is 5.82 Å². The topological polar surface area (TPSA) is 41.1 Å². The number of carbonyl (C=O) groups excluding carboxylic acids is 1. The van der Waals surface area contributed by atoms with Crippen LogP contribution in [0.3, 0.4) is 0 Å². The molecule has 0 bridgehead atoms. The van der Waals surface area contributed by atoms with E-state index in [1.165, 1.54) is 12.1 Å². The van der Waals surface area contributed by atoms with Gasteiger partial charge in [-0.3, -0.25) is 4.79 Å². The summed E-state index contributed by atoms with van der Waals surface area (Å²) < 4.78 is 14.1. The Morgan fingerprint density at radius 3 is 2.81 bits per heavy atom. The molecule has 0 aliphatic rings. The summed E-state index contributed by atoms with van der Waals surface area (Å²) >= 11 is 3.39. The first-order valence-corrected chi connectivity index (χ1v) is 7.45. The highest BCUT2D eigenvalue weighted by atomic mass is 79.9. The van der Waals surface area contributed by atoms with Gasteiger partial charge in [0, 0.05) is 28.8 Å². The molecule has 0 aromatic heterocycles. The molecule has 1 amide bonds. The minimum Gasteiger partial charge on any atom is -0.381 e. The minimum absolute atomic E-state index is 0.104. The third kappa shape index (κ3) is 4.29. The molecule has 0 heterocycles. The van der Waals surface area contributed by atoms with E-state index in [0.29, 0.717) is 18.7 Å².